The highest BCUT2D eigenvalue weighted by Gasteiger charge is 2.10. The van der Waals surface area contributed by atoms with E-state index in [4.69, 9.17) is 0 Å². The molecule has 4 heteroatoms. The van der Waals surface area contributed by atoms with Gasteiger partial charge in [-0.05, 0) is 25.0 Å². The number of amidine groups is 1. The molecule has 98 valence electrons. The Morgan fingerprint density at radius 1 is 1.44 bits per heavy atom. The first kappa shape index (κ1) is 14.8. The maximum Gasteiger partial charge on any atom is 0.163 e. The standard InChI is InChI=1S/C14H20N2OS/c1-4-9-15-14(18-11-10-17)16(3)13-8-6-5-7-12(13)2/h5-8,10H,4,9,11H2,1-3H3/b15-14-. The molecule has 0 spiro atoms. The molecule has 1 aromatic rings. The van der Waals surface area contributed by atoms with Gasteiger partial charge in [0.15, 0.2) is 5.17 Å². The zero-order valence-electron chi connectivity index (χ0n) is 11.2. The molecule has 0 saturated carbocycles. The number of aryl methyl sites for hydroxylation is 1. The monoisotopic (exact) mass is 264 g/mol. The number of thioether (sulfide) groups is 1. The Hall–Kier alpha value is -1.29. The highest BCUT2D eigenvalue weighted by atomic mass is 32.2. The first-order valence-corrected chi connectivity index (χ1v) is 7.09. The predicted molar refractivity (Wildman–Crippen MR) is 80.7 cm³/mol. The third-order valence-corrected chi connectivity index (χ3v) is 3.48. The molecule has 3 nitrogen and oxygen atoms in total. The van der Waals surface area contributed by atoms with Crippen molar-refractivity contribution in [3.63, 3.8) is 0 Å². The van der Waals surface area contributed by atoms with Crippen LogP contribution in [-0.2, 0) is 4.79 Å². The number of carbonyl (C=O) groups excluding carboxylic acids is 1. The number of benzene rings is 1. The van der Waals surface area contributed by atoms with Gasteiger partial charge in [0.1, 0.15) is 6.29 Å². The van der Waals surface area contributed by atoms with Crippen LogP contribution in [0.15, 0.2) is 29.3 Å². The van der Waals surface area contributed by atoms with E-state index in [-0.39, 0.29) is 0 Å². The molecule has 0 saturated heterocycles. The molecule has 0 amide bonds. The number of hydrogen-bond acceptors (Lipinski definition) is 3. The zero-order chi connectivity index (χ0) is 13.4. The summed E-state index contributed by atoms with van der Waals surface area (Å²) in [5.74, 6) is 0.443. The average molecular weight is 264 g/mol. The molecule has 18 heavy (non-hydrogen) atoms. The smallest absolute Gasteiger partial charge is 0.163 e. The fourth-order valence-electron chi connectivity index (χ4n) is 1.61. The van der Waals surface area contributed by atoms with Gasteiger partial charge < -0.3 is 9.69 Å². The molecule has 0 unspecified atom stereocenters. The summed E-state index contributed by atoms with van der Waals surface area (Å²) < 4.78 is 0. The van der Waals surface area contributed by atoms with Crippen LogP contribution in [0.3, 0.4) is 0 Å². The topological polar surface area (TPSA) is 32.7 Å². The minimum absolute atomic E-state index is 0.443. The lowest BCUT2D eigenvalue weighted by Gasteiger charge is -2.22. The molecule has 1 aromatic carbocycles. The number of aldehydes is 1. The molecule has 0 aromatic heterocycles. The van der Waals surface area contributed by atoms with Gasteiger partial charge in [0.05, 0.1) is 5.75 Å². The summed E-state index contributed by atoms with van der Waals surface area (Å²) in [4.78, 5) is 17.1. The Morgan fingerprint density at radius 3 is 2.78 bits per heavy atom. The van der Waals surface area contributed by atoms with Crippen molar-refractivity contribution in [3.05, 3.63) is 29.8 Å². The van der Waals surface area contributed by atoms with Crippen molar-refractivity contribution in [1.29, 1.82) is 0 Å². The number of rotatable bonds is 5. The predicted octanol–water partition coefficient (Wildman–Crippen LogP) is 3.13. The summed E-state index contributed by atoms with van der Waals surface area (Å²) in [5, 5.41) is 0.901. The summed E-state index contributed by atoms with van der Waals surface area (Å²) in [6, 6.07) is 8.18. The van der Waals surface area contributed by atoms with Crippen molar-refractivity contribution < 1.29 is 4.79 Å². The van der Waals surface area contributed by atoms with E-state index in [0.717, 1.165) is 30.1 Å². The summed E-state index contributed by atoms with van der Waals surface area (Å²) >= 11 is 1.48. The average Bonchev–Trinajstić information content (AvgIpc) is 2.39. The Kier molecular flexibility index (Phi) is 6.50. The second-order valence-corrected chi connectivity index (χ2v) is 4.97. The van der Waals surface area contributed by atoms with E-state index in [1.165, 1.54) is 17.3 Å². The van der Waals surface area contributed by atoms with E-state index in [1.807, 2.05) is 19.2 Å². The van der Waals surface area contributed by atoms with Gasteiger partial charge in [-0.15, -0.1) is 0 Å². The van der Waals surface area contributed by atoms with Gasteiger partial charge in [0, 0.05) is 19.3 Å². The lowest BCUT2D eigenvalue weighted by Crippen LogP contribution is -2.25. The molecule has 0 fully saturated rings. The van der Waals surface area contributed by atoms with E-state index < -0.39 is 0 Å². The highest BCUT2D eigenvalue weighted by molar-refractivity contribution is 8.14. The van der Waals surface area contributed by atoms with Gasteiger partial charge in [-0.25, -0.2) is 0 Å². The third kappa shape index (κ3) is 4.18. The van der Waals surface area contributed by atoms with Crippen molar-refractivity contribution >= 4 is 28.9 Å². The summed E-state index contributed by atoms with van der Waals surface area (Å²) in [5.41, 5.74) is 2.33. The Bertz CT molecular complexity index is 418. The van der Waals surface area contributed by atoms with Crippen LogP contribution in [0.25, 0.3) is 0 Å². The quantitative estimate of drug-likeness (QED) is 0.465. The number of para-hydroxylation sites is 1. The number of aliphatic imine (C=N–C) groups is 1. The second-order valence-electron chi connectivity index (χ2n) is 3.99. The Morgan fingerprint density at radius 2 is 2.17 bits per heavy atom. The van der Waals surface area contributed by atoms with Crippen LogP contribution in [0.4, 0.5) is 5.69 Å². The van der Waals surface area contributed by atoms with Crippen molar-refractivity contribution in [3.8, 4) is 0 Å². The van der Waals surface area contributed by atoms with E-state index in [0.29, 0.717) is 5.75 Å². The third-order valence-electron chi connectivity index (χ3n) is 2.51. The first-order valence-electron chi connectivity index (χ1n) is 6.11. The van der Waals surface area contributed by atoms with Crippen molar-refractivity contribution in [2.45, 2.75) is 20.3 Å². The summed E-state index contributed by atoms with van der Waals surface area (Å²) in [6.07, 6.45) is 1.92. The van der Waals surface area contributed by atoms with Crippen LogP contribution in [0, 0.1) is 6.92 Å². The molecule has 0 radical (unpaired) electrons. The van der Waals surface area contributed by atoms with E-state index in [9.17, 15) is 4.79 Å². The van der Waals surface area contributed by atoms with Gasteiger partial charge in [-0.3, -0.25) is 4.99 Å². The number of hydrogen-bond donors (Lipinski definition) is 0. The van der Waals surface area contributed by atoms with Crippen LogP contribution in [0.5, 0.6) is 0 Å². The molecule has 0 aliphatic carbocycles. The van der Waals surface area contributed by atoms with E-state index in [2.05, 4.69) is 35.9 Å². The van der Waals surface area contributed by atoms with E-state index >= 15 is 0 Å². The molecule has 0 heterocycles. The first-order chi connectivity index (χ1) is 8.70. The largest absolute Gasteiger partial charge is 0.324 e. The van der Waals surface area contributed by atoms with Crippen molar-refractivity contribution in [2.75, 3.05) is 24.2 Å². The minimum atomic E-state index is 0.443. The molecule has 0 aliphatic rings. The minimum Gasteiger partial charge on any atom is -0.324 e. The highest BCUT2D eigenvalue weighted by Crippen LogP contribution is 2.21. The normalized spacial score (nSPS) is 11.4. The Labute approximate surface area is 113 Å². The molecular formula is C14H20N2OS. The molecule has 1 rings (SSSR count). The molecule has 0 N–H and O–H groups in total. The maximum absolute atomic E-state index is 10.5. The second kappa shape index (κ2) is 7.93. The molecule has 0 aliphatic heterocycles. The van der Waals surface area contributed by atoms with Gasteiger partial charge in [-0.1, -0.05) is 36.9 Å². The number of nitrogens with zero attached hydrogens (tertiary/aromatic N) is 2. The Balaban J connectivity index is 2.91. The fraction of sp³-hybridized carbons (Fsp3) is 0.429. The van der Waals surface area contributed by atoms with Gasteiger partial charge in [0.2, 0.25) is 0 Å². The number of carbonyl (C=O) groups is 1. The van der Waals surface area contributed by atoms with Crippen LogP contribution in [-0.4, -0.2) is 30.8 Å². The van der Waals surface area contributed by atoms with Gasteiger partial charge in [-0.2, -0.15) is 0 Å². The fourth-order valence-corrected chi connectivity index (χ4v) is 2.30. The zero-order valence-corrected chi connectivity index (χ0v) is 12.0. The maximum atomic E-state index is 10.5. The SMILES string of the molecule is CCC/N=C(\SCC=O)N(C)c1ccccc1C. The van der Waals surface area contributed by atoms with Gasteiger partial charge >= 0.3 is 0 Å². The van der Waals surface area contributed by atoms with Crippen molar-refractivity contribution in [1.82, 2.24) is 0 Å². The molecule has 0 atom stereocenters. The van der Waals surface area contributed by atoms with Crippen LogP contribution >= 0.6 is 11.8 Å². The van der Waals surface area contributed by atoms with Crippen LogP contribution < -0.4 is 4.90 Å². The lowest BCUT2D eigenvalue weighted by atomic mass is 10.2. The number of anilines is 1. The van der Waals surface area contributed by atoms with E-state index in [1.54, 1.807) is 0 Å². The van der Waals surface area contributed by atoms with Gasteiger partial charge in [0.25, 0.3) is 0 Å². The molecule has 0 bridgehead atoms. The van der Waals surface area contributed by atoms with Crippen molar-refractivity contribution in [2.24, 2.45) is 4.99 Å². The van der Waals surface area contributed by atoms with Crippen LogP contribution in [0.1, 0.15) is 18.9 Å². The summed E-state index contributed by atoms with van der Waals surface area (Å²) in [6.45, 7) is 4.96. The summed E-state index contributed by atoms with van der Waals surface area (Å²) in [7, 11) is 1.99. The lowest BCUT2D eigenvalue weighted by molar-refractivity contribution is -0.105. The van der Waals surface area contributed by atoms with Crippen LogP contribution in [0.2, 0.25) is 0 Å². The molecular weight excluding hydrogens is 244 g/mol.